The number of amides is 4. The normalized spacial score (nSPS) is 22.3. The first-order chi connectivity index (χ1) is 26.8. The van der Waals surface area contributed by atoms with E-state index in [1.165, 1.54) is 45.5 Å². The van der Waals surface area contributed by atoms with Crippen molar-refractivity contribution in [2.24, 2.45) is 34.5 Å². The molecule has 56 heavy (non-hydrogen) atoms. The number of piperidine rings is 1. The fraction of sp³-hybridized carbons (Fsp3) is 0.732. The van der Waals surface area contributed by atoms with Crippen LogP contribution in [0.5, 0.6) is 0 Å². The molecule has 2 heterocycles. The van der Waals surface area contributed by atoms with E-state index in [1.54, 1.807) is 23.8 Å². The third-order valence-corrected chi connectivity index (χ3v) is 11.0. The molecule has 0 aromatic heterocycles. The number of nitrogens with two attached hydrogens (primary N) is 2. The Labute approximate surface area is 336 Å². The lowest BCUT2D eigenvalue weighted by Gasteiger charge is -2.39. The van der Waals surface area contributed by atoms with E-state index in [4.69, 9.17) is 21.2 Å². The van der Waals surface area contributed by atoms with Gasteiger partial charge in [0.15, 0.2) is 5.84 Å². The molecule has 3 fully saturated rings. The third kappa shape index (κ3) is 16.4. The highest BCUT2D eigenvalue weighted by Gasteiger charge is 2.42. The van der Waals surface area contributed by atoms with Gasteiger partial charge < -0.3 is 46.5 Å². The van der Waals surface area contributed by atoms with Crippen molar-refractivity contribution in [3.8, 4) is 0 Å². The number of fused-ring (bicyclic) bond motifs is 2. The van der Waals surface area contributed by atoms with Gasteiger partial charge in [-0.25, -0.2) is 5.84 Å². The van der Waals surface area contributed by atoms with Crippen molar-refractivity contribution in [1.82, 2.24) is 31.2 Å². The molecule has 4 rings (SSSR count). The Morgan fingerprint density at radius 2 is 1.73 bits per heavy atom. The van der Waals surface area contributed by atoms with Crippen LogP contribution in [0.4, 0.5) is 0 Å². The SMILES string of the molecule is CC1NC2CCC1C2.CCC.CCC(C)C(C(CC(=O)N1CCCC1C(OC)C(C)C(=O)NC/C(=N/N)NN)OC)N(C)C(=O)CNC=O.Cc1ccccc1. The third-order valence-electron chi connectivity index (χ3n) is 11.0. The Morgan fingerprint density at radius 3 is 2.16 bits per heavy atom. The number of hydrazine groups is 1. The van der Waals surface area contributed by atoms with Crippen LogP contribution in [0.1, 0.15) is 98.5 Å². The molecule has 9 atom stereocenters. The van der Waals surface area contributed by atoms with Gasteiger partial charge in [-0.3, -0.25) is 19.2 Å². The van der Waals surface area contributed by atoms with Crippen LogP contribution in [0.2, 0.25) is 0 Å². The number of carbonyl (C=O) groups is 4. The molecule has 1 aromatic carbocycles. The Morgan fingerprint density at radius 1 is 1.07 bits per heavy atom. The summed E-state index contributed by atoms with van der Waals surface area (Å²) in [7, 11) is 4.70. The molecule has 15 nitrogen and oxygen atoms in total. The molecule has 3 aliphatic rings. The van der Waals surface area contributed by atoms with E-state index >= 15 is 0 Å². The number of benzene rings is 1. The second-order valence-corrected chi connectivity index (χ2v) is 15.2. The zero-order chi connectivity index (χ0) is 42.2. The second-order valence-electron chi connectivity index (χ2n) is 15.2. The summed E-state index contributed by atoms with van der Waals surface area (Å²) in [6.07, 6.45) is 7.27. The Balaban J connectivity index is 0.000000694. The lowest BCUT2D eigenvalue weighted by Crippen LogP contribution is -2.54. The summed E-state index contributed by atoms with van der Waals surface area (Å²) in [5.41, 5.74) is 3.63. The van der Waals surface area contributed by atoms with E-state index in [9.17, 15) is 19.2 Å². The fourth-order valence-corrected chi connectivity index (χ4v) is 7.71. The minimum absolute atomic E-state index is 0.0288. The van der Waals surface area contributed by atoms with E-state index < -0.39 is 18.1 Å². The number of aryl methyl sites for hydroxylation is 1. The Hall–Kier alpha value is -3.79. The topological polar surface area (TPSA) is 206 Å². The standard InChI is InChI=1S/C24H46N8O6.C7H13N.C7H8.C3H8/c1-7-15(2)22(31(4)21(35)13-27-14-33)18(37-5)11-20(34)32-10-8-9-17(32)23(38-6)16(3)24(36)28-12-19(29-25)30-26;1-5-6-2-3-7(4-6)8-5;1-7-5-3-2-4-6-7;1-3-2/h14-18,22-23H,7-13,25-26H2,1-6H3,(H,27,33)(H,28,36)(H,29,30);5-8H,2-4H2,1H3;2-6H,1H3;3H2,1-2H3. The zero-order valence-electron chi connectivity index (χ0n) is 35.9. The van der Waals surface area contributed by atoms with Crippen LogP contribution in [-0.2, 0) is 28.7 Å². The lowest BCUT2D eigenvalue weighted by atomic mass is 9.90. The minimum atomic E-state index is -0.574. The number of ether oxygens (including phenoxy) is 2. The van der Waals surface area contributed by atoms with Crippen LogP contribution in [0.3, 0.4) is 0 Å². The number of hydrogen-bond acceptors (Lipinski definition) is 10. The van der Waals surface area contributed by atoms with Gasteiger partial charge in [0, 0.05) is 39.9 Å². The molecular weight excluding hydrogens is 715 g/mol. The number of rotatable bonds is 16. The molecule has 2 saturated heterocycles. The first kappa shape index (κ1) is 50.2. The number of carbonyl (C=O) groups excluding carboxylic acids is 4. The monoisotopic (exact) mass is 790 g/mol. The fourth-order valence-electron chi connectivity index (χ4n) is 7.71. The summed E-state index contributed by atoms with van der Waals surface area (Å²) >= 11 is 0. The smallest absolute Gasteiger partial charge is 0.242 e. The summed E-state index contributed by atoms with van der Waals surface area (Å²) in [5.74, 6) is 10.5. The van der Waals surface area contributed by atoms with Gasteiger partial charge in [-0.1, -0.05) is 83.4 Å². The van der Waals surface area contributed by atoms with Crippen LogP contribution in [-0.4, -0.2) is 117 Å². The maximum atomic E-state index is 13.6. The highest BCUT2D eigenvalue weighted by molar-refractivity contribution is 5.88. The highest BCUT2D eigenvalue weighted by atomic mass is 16.5. The van der Waals surface area contributed by atoms with E-state index in [0.717, 1.165) is 30.8 Å². The molecule has 9 unspecified atom stereocenters. The number of nitrogens with one attached hydrogen (secondary N) is 4. The van der Waals surface area contributed by atoms with Gasteiger partial charge in [-0.05, 0) is 57.8 Å². The second kappa shape index (κ2) is 27.7. The first-order valence-corrected chi connectivity index (χ1v) is 20.3. The molecule has 1 saturated carbocycles. The lowest BCUT2D eigenvalue weighted by molar-refractivity contribution is -0.145. The van der Waals surface area contributed by atoms with Gasteiger partial charge in [0.2, 0.25) is 24.1 Å². The van der Waals surface area contributed by atoms with Crippen molar-refractivity contribution in [3.05, 3.63) is 35.9 Å². The van der Waals surface area contributed by atoms with Gasteiger partial charge in [0.1, 0.15) is 0 Å². The molecule has 0 radical (unpaired) electrons. The van der Waals surface area contributed by atoms with Gasteiger partial charge in [0.25, 0.3) is 0 Å². The molecule has 0 spiro atoms. The van der Waals surface area contributed by atoms with Crippen molar-refractivity contribution in [2.45, 2.75) is 136 Å². The summed E-state index contributed by atoms with van der Waals surface area (Å²) < 4.78 is 11.5. The van der Waals surface area contributed by atoms with Crippen molar-refractivity contribution in [1.29, 1.82) is 0 Å². The number of likely N-dealkylation sites (N-methyl/N-ethyl adjacent to an activating group) is 1. The van der Waals surface area contributed by atoms with E-state index in [1.807, 2.05) is 32.0 Å². The summed E-state index contributed by atoms with van der Waals surface area (Å²) in [5, 5.41) is 12.1. The molecule has 2 aliphatic heterocycles. The van der Waals surface area contributed by atoms with Crippen molar-refractivity contribution < 1.29 is 28.7 Å². The van der Waals surface area contributed by atoms with E-state index in [0.29, 0.717) is 19.4 Å². The quantitative estimate of drug-likeness (QED) is 0.0475. The van der Waals surface area contributed by atoms with E-state index in [-0.39, 0.29) is 61.1 Å². The summed E-state index contributed by atoms with van der Waals surface area (Å²) in [6, 6.07) is 11.3. The minimum Gasteiger partial charge on any atom is -0.379 e. The molecule has 15 heteroatoms. The average molecular weight is 790 g/mol. The Bertz CT molecular complexity index is 1300. The summed E-state index contributed by atoms with van der Waals surface area (Å²) in [6.45, 7) is 14.8. The van der Waals surface area contributed by atoms with Crippen LogP contribution < -0.4 is 33.1 Å². The number of methoxy groups -OCH3 is 2. The van der Waals surface area contributed by atoms with Crippen LogP contribution in [0, 0.1) is 24.7 Å². The zero-order valence-corrected chi connectivity index (χ0v) is 35.9. The van der Waals surface area contributed by atoms with Crippen molar-refractivity contribution in [2.75, 3.05) is 40.9 Å². The molecule has 1 aliphatic carbocycles. The average Bonchev–Trinajstić information content (AvgIpc) is 3.96. The molecule has 2 bridgehead atoms. The van der Waals surface area contributed by atoms with Crippen LogP contribution >= 0.6 is 0 Å². The van der Waals surface area contributed by atoms with E-state index in [2.05, 4.69) is 66.3 Å². The first-order valence-electron chi connectivity index (χ1n) is 20.3. The number of likely N-dealkylation sites (tertiary alicyclic amines) is 1. The molecule has 1 aromatic rings. The highest BCUT2D eigenvalue weighted by Crippen LogP contribution is 2.34. The van der Waals surface area contributed by atoms with Crippen LogP contribution in [0.25, 0.3) is 0 Å². The predicted octanol–water partition coefficient (Wildman–Crippen LogP) is 3.06. The summed E-state index contributed by atoms with van der Waals surface area (Å²) in [4.78, 5) is 53.0. The Kier molecular flexibility index (Phi) is 24.9. The molecule has 8 N–H and O–H groups in total. The predicted molar refractivity (Wildman–Crippen MR) is 223 cm³/mol. The number of hydrogen-bond donors (Lipinski definition) is 6. The molecule has 320 valence electrons. The van der Waals surface area contributed by atoms with Crippen molar-refractivity contribution >= 4 is 30.0 Å². The van der Waals surface area contributed by atoms with Gasteiger partial charge in [0.05, 0.1) is 49.7 Å². The number of hydrazone groups is 1. The maximum absolute atomic E-state index is 13.6. The van der Waals surface area contributed by atoms with Gasteiger partial charge in [-0.2, -0.15) is 5.10 Å². The molecular formula is C41H75N9O6. The largest absolute Gasteiger partial charge is 0.379 e. The van der Waals surface area contributed by atoms with Crippen molar-refractivity contribution in [3.63, 3.8) is 0 Å². The number of nitrogens with zero attached hydrogens (tertiary/aromatic N) is 3. The van der Waals surface area contributed by atoms with Gasteiger partial charge in [-0.15, -0.1) is 0 Å². The van der Waals surface area contributed by atoms with Crippen LogP contribution in [0.15, 0.2) is 35.4 Å². The molecule has 4 amide bonds. The number of amidine groups is 1. The maximum Gasteiger partial charge on any atom is 0.242 e. The van der Waals surface area contributed by atoms with Gasteiger partial charge >= 0.3 is 0 Å².